The molecule has 1 aromatic rings. The van der Waals surface area contributed by atoms with Gasteiger partial charge >= 0.3 is 0 Å². The van der Waals surface area contributed by atoms with Gasteiger partial charge in [-0.15, -0.1) is 0 Å². The lowest BCUT2D eigenvalue weighted by Crippen LogP contribution is -2.49. The van der Waals surface area contributed by atoms with E-state index in [1.54, 1.807) is 0 Å². The van der Waals surface area contributed by atoms with Crippen LogP contribution in [0, 0.1) is 12.8 Å². The highest BCUT2D eigenvalue weighted by molar-refractivity contribution is 5.83. The Morgan fingerprint density at radius 3 is 2.60 bits per heavy atom. The normalized spacial score (nSPS) is 21.6. The summed E-state index contributed by atoms with van der Waals surface area (Å²) in [6.45, 7) is 6.84. The average Bonchev–Trinajstić information content (AvgIpc) is 3.25. The molecule has 110 valence electrons. The zero-order valence-electron chi connectivity index (χ0n) is 12.8. The van der Waals surface area contributed by atoms with Crippen LogP contribution in [-0.2, 0) is 4.79 Å². The first-order valence-corrected chi connectivity index (χ1v) is 7.63. The number of carbonyl (C=O) groups is 1. The summed E-state index contributed by atoms with van der Waals surface area (Å²) in [4.78, 5) is 12.2. The molecule has 2 atom stereocenters. The highest BCUT2D eigenvalue weighted by Gasteiger charge is 2.44. The lowest BCUT2D eigenvalue weighted by atomic mass is 9.94. The molecule has 3 N–H and O–H groups in total. The van der Waals surface area contributed by atoms with Gasteiger partial charge in [-0.05, 0) is 43.2 Å². The Morgan fingerprint density at radius 1 is 1.35 bits per heavy atom. The van der Waals surface area contributed by atoms with Gasteiger partial charge < -0.3 is 11.1 Å². The van der Waals surface area contributed by atoms with Crippen molar-refractivity contribution < 1.29 is 4.79 Å². The SMILES string of the molecule is CCC(N)(CC)CNC(=O)C1CC1c1ccccc1C. The van der Waals surface area contributed by atoms with Crippen LogP contribution in [0.25, 0.3) is 0 Å². The van der Waals surface area contributed by atoms with Crippen molar-refractivity contribution in [2.45, 2.75) is 51.5 Å². The van der Waals surface area contributed by atoms with Crippen molar-refractivity contribution in [1.29, 1.82) is 0 Å². The maximum atomic E-state index is 12.2. The molecular weight excluding hydrogens is 248 g/mol. The standard InChI is InChI=1S/C17H26N2O/c1-4-17(18,5-2)11-19-16(20)15-10-14(15)13-9-7-6-8-12(13)3/h6-9,14-15H,4-5,10-11,18H2,1-3H3,(H,19,20). The van der Waals surface area contributed by atoms with Crippen LogP contribution in [0.4, 0.5) is 0 Å². The molecule has 1 saturated carbocycles. The number of aryl methyl sites for hydroxylation is 1. The summed E-state index contributed by atoms with van der Waals surface area (Å²) in [6, 6.07) is 8.34. The fraction of sp³-hybridized carbons (Fsp3) is 0.588. The Bertz CT molecular complexity index is 480. The number of hydrogen-bond acceptors (Lipinski definition) is 2. The Morgan fingerprint density at radius 2 is 2.00 bits per heavy atom. The molecule has 0 aromatic heterocycles. The number of nitrogens with one attached hydrogen (secondary N) is 1. The van der Waals surface area contributed by atoms with Gasteiger partial charge in [0.2, 0.25) is 5.91 Å². The minimum absolute atomic E-state index is 0.133. The van der Waals surface area contributed by atoms with E-state index in [0.29, 0.717) is 12.5 Å². The highest BCUT2D eigenvalue weighted by Crippen LogP contribution is 2.48. The zero-order chi connectivity index (χ0) is 14.8. The van der Waals surface area contributed by atoms with Gasteiger partial charge in [-0.25, -0.2) is 0 Å². The van der Waals surface area contributed by atoms with E-state index in [-0.39, 0.29) is 17.4 Å². The monoisotopic (exact) mass is 274 g/mol. The van der Waals surface area contributed by atoms with Gasteiger partial charge in [-0.3, -0.25) is 4.79 Å². The molecular formula is C17H26N2O. The molecule has 0 aliphatic heterocycles. The van der Waals surface area contributed by atoms with Crippen molar-refractivity contribution >= 4 is 5.91 Å². The minimum atomic E-state index is -0.261. The van der Waals surface area contributed by atoms with Crippen LogP contribution < -0.4 is 11.1 Å². The molecule has 2 unspecified atom stereocenters. The second-order valence-electron chi connectivity index (χ2n) is 6.09. The summed E-state index contributed by atoms with van der Waals surface area (Å²) < 4.78 is 0. The van der Waals surface area contributed by atoms with Crippen LogP contribution in [0.2, 0.25) is 0 Å². The molecule has 3 heteroatoms. The molecule has 1 aliphatic rings. The lowest BCUT2D eigenvalue weighted by molar-refractivity contribution is -0.122. The Balaban J connectivity index is 1.89. The molecule has 0 bridgehead atoms. The molecule has 0 heterocycles. The van der Waals surface area contributed by atoms with Crippen molar-refractivity contribution in [3.05, 3.63) is 35.4 Å². The Hall–Kier alpha value is -1.35. The lowest BCUT2D eigenvalue weighted by Gasteiger charge is -2.26. The van der Waals surface area contributed by atoms with Crippen LogP contribution in [0.1, 0.15) is 50.2 Å². The fourth-order valence-corrected chi connectivity index (χ4v) is 2.73. The third-order valence-corrected chi connectivity index (χ3v) is 4.74. The molecule has 1 fully saturated rings. The first-order chi connectivity index (χ1) is 9.50. The summed E-state index contributed by atoms with van der Waals surface area (Å²) in [5, 5.41) is 3.04. The number of hydrogen-bond donors (Lipinski definition) is 2. The largest absolute Gasteiger partial charge is 0.354 e. The molecule has 1 amide bonds. The maximum Gasteiger partial charge on any atom is 0.223 e. The van der Waals surface area contributed by atoms with Crippen molar-refractivity contribution in [3.8, 4) is 0 Å². The maximum absolute atomic E-state index is 12.2. The van der Waals surface area contributed by atoms with Gasteiger partial charge in [-0.2, -0.15) is 0 Å². The predicted molar refractivity (Wildman–Crippen MR) is 82.5 cm³/mol. The van der Waals surface area contributed by atoms with E-state index >= 15 is 0 Å². The zero-order valence-corrected chi connectivity index (χ0v) is 12.8. The molecule has 0 radical (unpaired) electrons. The van der Waals surface area contributed by atoms with Crippen molar-refractivity contribution in [2.75, 3.05) is 6.54 Å². The number of nitrogens with two attached hydrogens (primary N) is 1. The topological polar surface area (TPSA) is 55.1 Å². The van der Waals surface area contributed by atoms with Crippen molar-refractivity contribution in [3.63, 3.8) is 0 Å². The van der Waals surface area contributed by atoms with E-state index in [1.165, 1.54) is 11.1 Å². The highest BCUT2D eigenvalue weighted by atomic mass is 16.2. The number of amides is 1. The van der Waals surface area contributed by atoms with Crippen LogP contribution in [-0.4, -0.2) is 18.0 Å². The molecule has 0 saturated heterocycles. The van der Waals surface area contributed by atoms with E-state index in [2.05, 4.69) is 44.3 Å². The summed E-state index contributed by atoms with van der Waals surface area (Å²) in [5.74, 6) is 0.690. The second-order valence-corrected chi connectivity index (χ2v) is 6.09. The molecule has 20 heavy (non-hydrogen) atoms. The third kappa shape index (κ3) is 3.21. The number of benzene rings is 1. The van der Waals surface area contributed by atoms with Gasteiger partial charge in [0.25, 0.3) is 0 Å². The first kappa shape index (κ1) is 15.0. The summed E-state index contributed by atoms with van der Waals surface area (Å²) >= 11 is 0. The van der Waals surface area contributed by atoms with E-state index in [4.69, 9.17) is 5.73 Å². The molecule has 1 aromatic carbocycles. The third-order valence-electron chi connectivity index (χ3n) is 4.74. The second kappa shape index (κ2) is 5.96. The molecule has 1 aliphatic carbocycles. The van der Waals surface area contributed by atoms with Crippen LogP contribution in [0.5, 0.6) is 0 Å². The van der Waals surface area contributed by atoms with Gasteiger partial charge in [0, 0.05) is 18.0 Å². The quantitative estimate of drug-likeness (QED) is 0.838. The smallest absolute Gasteiger partial charge is 0.223 e. The van der Waals surface area contributed by atoms with E-state index in [9.17, 15) is 4.79 Å². The van der Waals surface area contributed by atoms with Gasteiger partial charge in [0.1, 0.15) is 0 Å². The minimum Gasteiger partial charge on any atom is -0.354 e. The summed E-state index contributed by atoms with van der Waals surface area (Å²) in [6.07, 6.45) is 2.73. The van der Waals surface area contributed by atoms with Crippen LogP contribution in [0.3, 0.4) is 0 Å². The van der Waals surface area contributed by atoms with Crippen LogP contribution >= 0.6 is 0 Å². The van der Waals surface area contributed by atoms with Gasteiger partial charge in [0.05, 0.1) is 0 Å². The summed E-state index contributed by atoms with van der Waals surface area (Å²) in [5.41, 5.74) is 8.56. The first-order valence-electron chi connectivity index (χ1n) is 7.63. The predicted octanol–water partition coefficient (Wildman–Crippen LogP) is 2.73. The Labute approximate surface area is 121 Å². The van der Waals surface area contributed by atoms with E-state index < -0.39 is 0 Å². The van der Waals surface area contributed by atoms with E-state index in [1.807, 2.05) is 6.07 Å². The number of rotatable bonds is 6. The average molecular weight is 274 g/mol. The summed E-state index contributed by atoms with van der Waals surface area (Å²) in [7, 11) is 0. The fourth-order valence-electron chi connectivity index (χ4n) is 2.73. The Kier molecular flexibility index (Phi) is 4.48. The molecule has 0 spiro atoms. The van der Waals surface area contributed by atoms with Gasteiger partial charge in [0.15, 0.2) is 0 Å². The van der Waals surface area contributed by atoms with Gasteiger partial charge in [-0.1, -0.05) is 38.1 Å². The van der Waals surface area contributed by atoms with E-state index in [0.717, 1.165) is 19.3 Å². The van der Waals surface area contributed by atoms with Crippen molar-refractivity contribution in [1.82, 2.24) is 5.32 Å². The molecule has 2 rings (SSSR count). The molecule has 3 nitrogen and oxygen atoms in total. The van der Waals surface area contributed by atoms with Crippen LogP contribution in [0.15, 0.2) is 24.3 Å². The number of carbonyl (C=O) groups excluding carboxylic acids is 1. The van der Waals surface area contributed by atoms with Crippen molar-refractivity contribution in [2.24, 2.45) is 11.7 Å².